The summed E-state index contributed by atoms with van der Waals surface area (Å²) in [4.78, 5) is 24.6. The SMILES string of the molecule is CN(C(=O)Nc1ccc(Cl)cc1)C(=O)c1c(F)cccc1F. The number of anilines is 1. The van der Waals surface area contributed by atoms with E-state index in [2.05, 4.69) is 5.32 Å². The van der Waals surface area contributed by atoms with Crippen molar-refractivity contribution in [1.82, 2.24) is 4.90 Å². The maximum absolute atomic E-state index is 13.6. The number of nitrogens with one attached hydrogen (secondary N) is 1. The predicted octanol–water partition coefficient (Wildman–Crippen LogP) is 3.92. The average molecular weight is 325 g/mol. The lowest BCUT2D eigenvalue weighted by atomic mass is 10.2. The van der Waals surface area contributed by atoms with Gasteiger partial charge in [0.15, 0.2) is 0 Å². The zero-order valence-electron chi connectivity index (χ0n) is 11.4. The third-order valence-corrected chi connectivity index (χ3v) is 3.13. The number of carbonyl (C=O) groups excluding carboxylic acids is 2. The van der Waals surface area contributed by atoms with Gasteiger partial charge in [0, 0.05) is 17.8 Å². The summed E-state index contributed by atoms with van der Waals surface area (Å²) in [5.74, 6) is -3.14. The van der Waals surface area contributed by atoms with Crippen LogP contribution >= 0.6 is 11.6 Å². The molecule has 0 aliphatic carbocycles. The number of halogens is 3. The standard InChI is InChI=1S/C15H11ClF2N2O2/c1-20(14(21)13-11(17)3-2-4-12(13)18)15(22)19-10-7-5-9(16)6-8-10/h2-8H,1H3,(H,19,22). The smallest absolute Gasteiger partial charge is 0.307 e. The Morgan fingerprint density at radius 2 is 1.59 bits per heavy atom. The second kappa shape index (κ2) is 6.53. The van der Waals surface area contributed by atoms with Crippen LogP contribution in [0.5, 0.6) is 0 Å². The molecule has 22 heavy (non-hydrogen) atoms. The third kappa shape index (κ3) is 3.40. The molecule has 1 N–H and O–H groups in total. The molecule has 0 aliphatic rings. The minimum atomic E-state index is -1.08. The quantitative estimate of drug-likeness (QED) is 0.910. The van der Waals surface area contributed by atoms with Gasteiger partial charge in [-0.15, -0.1) is 0 Å². The summed E-state index contributed by atoms with van der Waals surface area (Å²) < 4.78 is 27.1. The lowest BCUT2D eigenvalue weighted by Gasteiger charge is -2.17. The number of hydrogen-bond donors (Lipinski definition) is 1. The summed E-state index contributed by atoms with van der Waals surface area (Å²) in [6, 6.07) is 8.36. The van der Waals surface area contributed by atoms with Gasteiger partial charge < -0.3 is 5.32 Å². The molecule has 2 aromatic rings. The number of rotatable bonds is 2. The average Bonchev–Trinajstić information content (AvgIpc) is 2.48. The number of carbonyl (C=O) groups is 2. The van der Waals surface area contributed by atoms with Crippen molar-refractivity contribution < 1.29 is 18.4 Å². The molecule has 2 aromatic carbocycles. The summed E-state index contributed by atoms with van der Waals surface area (Å²) in [6.45, 7) is 0. The second-order valence-corrected chi connectivity index (χ2v) is 4.83. The summed E-state index contributed by atoms with van der Waals surface area (Å²) >= 11 is 5.72. The van der Waals surface area contributed by atoms with Crippen LogP contribution in [-0.2, 0) is 0 Å². The van der Waals surface area contributed by atoms with Crippen molar-refractivity contribution in [1.29, 1.82) is 0 Å². The lowest BCUT2D eigenvalue weighted by molar-refractivity contribution is 0.0831. The molecule has 4 nitrogen and oxygen atoms in total. The van der Waals surface area contributed by atoms with Crippen molar-refractivity contribution >= 4 is 29.2 Å². The maximum Gasteiger partial charge on any atom is 0.328 e. The maximum atomic E-state index is 13.6. The van der Waals surface area contributed by atoms with E-state index < -0.39 is 29.1 Å². The zero-order chi connectivity index (χ0) is 16.3. The molecule has 0 atom stereocenters. The molecule has 7 heteroatoms. The Bertz CT molecular complexity index is 700. The summed E-state index contributed by atoms with van der Waals surface area (Å²) in [5, 5.41) is 2.90. The molecule has 0 saturated carbocycles. The molecule has 0 heterocycles. The van der Waals surface area contributed by atoms with Gasteiger partial charge in [0.05, 0.1) is 0 Å². The Balaban J connectivity index is 2.16. The van der Waals surface area contributed by atoms with E-state index in [4.69, 9.17) is 11.6 Å². The fourth-order valence-corrected chi connectivity index (χ4v) is 1.83. The minimum absolute atomic E-state index is 0.392. The molecule has 114 valence electrons. The molecule has 0 bridgehead atoms. The molecule has 0 aliphatic heterocycles. The number of nitrogens with zero attached hydrogens (tertiary/aromatic N) is 1. The molecule has 0 aromatic heterocycles. The normalized spacial score (nSPS) is 10.2. The van der Waals surface area contributed by atoms with E-state index in [0.717, 1.165) is 25.2 Å². The van der Waals surface area contributed by atoms with Crippen molar-refractivity contribution in [3.05, 3.63) is 64.7 Å². The second-order valence-electron chi connectivity index (χ2n) is 4.40. The molecule has 3 amide bonds. The molecular weight excluding hydrogens is 314 g/mol. The first-order chi connectivity index (χ1) is 10.4. The lowest BCUT2D eigenvalue weighted by Crippen LogP contribution is -2.37. The van der Waals surface area contributed by atoms with Crippen molar-refractivity contribution in [3.63, 3.8) is 0 Å². The van der Waals surface area contributed by atoms with Crippen LogP contribution in [-0.4, -0.2) is 23.9 Å². The summed E-state index contributed by atoms with van der Waals surface area (Å²) in [6.07, 6.45) is 0. The molecule has 2 rings (SSSR count). The largest absolute Gasteiger partial charge is 0.328 e. The van der Waals surface area contributed by atoms with Crippen LogP contribution in [0.3, 0.4) is 0 Å². The van der Waals surface area contributed by atoms with E-state index in [1.54, 1.807) is 12.1 Å². The molecule has 0 spiro atoms. The van der Waals surface area contributed by atoms with Gasteiger partial charge >= 0.3 is 6.03 Å². The number of urea groups is 1. The first-order valence-electron chi connectivity index (χ1n) is 6.19. The van der Waals surface area contributed by atoms with Crippen molar-refractivity contribution in [3.8, 4) is 0 Å². The minimum Gasteiger partial charge on any atom is -0.307 e. The van der Waals surface area contributed by atoms with Crippen LogP contribution in [0.2, 0.25) is 5.02 Å². The van der Waals surface area contributed by atoms with E-state index in [1.807, 2.05) is 0 Å². The van der Waals surface area contributed by atoms with E-state index in [0.29, 0.717) is 15.6 Å². The van der Waals surface area contributed by atoms with Gasteiger partial charge in [-0.3, -0.25) is 9.69 Å². The van der Waals surface area contributed by atoms with Gasteiger partial charge in [0.2, 0.25) is 0 Å². The number of imide groups is 1. The van der Waals surface area contributed by atoms with Crippen molar-refractivity contribution in [2.24, 2.45) is 0 Å². The van der Waals surface area contributed by atoms with E-state index in [1.165, 1.54) is 12.1 Å². The highest BCUT2D eigenvalue weighted by atomic mass is 35.5. The van der Waals surface area contributed by atoms with Crippen LogP contribution in [0.4, 0.5) is 19.3 Å². The van der Waals surface area contributed by atoms with Crippen LogP contribution < -0.4 is 5.32 Å². The van der Waals surface area contributed by atoms with Crippen molar-refractivity contribution in [2.75, 3.05) is 12.4 Å². The van der Waals surface area contributed by atoms with Gasteiger partial charge in [-0.25, -0.2) is 13.6 Å². The predicted molar refractivity (Wildman–Crippen MR) is 78.9 cm³/mol. The Labute approximate surface area is 130 Å². The van der Waals surface area contributed by atoms with Gasteiger partial charge in [0.1, 0.15) is 17.2 Å². The molecule has 0 saturated heterocycles. The van der Waals surface area contributed by atoms with Crippen LogP contribution in [0.25, 0.3) is 0 Å². The van der Waals surface area contributed by atoms with Crippen LogP contribution in [0.15, 0.2) is 42.5 Å². The van der Waals surface area contributed by atoms with Gasteiger partial charge in [-0.05, 0) is 36.4 Å². The monoisotopic (exact) mass is 324 g/mol. The van der Waals surface area contributed by atoms with Gasteiger partial charge in [0.25, 0.3) is 5.91 Å². The zero-order valence-corrected chi connectivity index (χ0v) is 12.2. The molecule has 0 radical (unpaired) electrons. The molecule has 0 unspecified atom stereocenters. The van der Waals surface area contributed by atoms with Gasteiger partial charge in [-0.1, -0.05) is 17.7 Å². The Hall–Kier alpha value is -2.47. The molecular formula is C15H11ClF2N2O2. The van der Waals surface area contributed by atoms with Crippen molar-refractivity contribution in [2.45, 2.75) is 0 Å². The topological polar surface area (TPSA) is 49.4 Å². The van der Waals surface area contributed by atoms with Crippen LogP contribution in [0.1, 0.15) is 10.4 Å². The van der Waals surface area contributed by atoms with Gasteiger partial charge in [-0.2, -0.15) is 0 Å². The number of benzene rings is 2. The third-order valence-electron chi connectivity index (χ3n) is 2.88. The Morgan fingerprint density at radius 3 is 2.14 bits per heavy atom. The fourth-order valence-electron chi connectivity index (χ4n) is 1.70. The summed E-state index contributed by atoms with van der Waals surface area (Å²) in [7, 11) is 1.12. The van der Waals surface area contributed by atoms with E-state index >= 15 is 0 Å². The fraction of sp³-hybridized carbons (Fsp3) is 0.0667. The highest BCUT2D eigenvalue weighted by Gasteiger charge is 2.24. The number of hydrogen-bond acceptors (Lipinski definition) is 2. The summed E-state index contributed by atoms with van der Waals surface area (Å²) in [5.41, 5.74) is -0.390. The number of amides is 3. The van der Waals surface area contributed by atoms with E-state index in [-0.39, 0.29) is 0 Å². The Morgan fingerprint density at radius 1 is 1.05 bits per heavy atom. The first kappa shape index (κ1) is 15.9. The van der Waals surface area contributed by atoms with Crippen LogP contribution in [0, 0.1) is 11.6 Å². The highest BCUT2D eigenvalue weighted by molar-refractivity contribution is 6.30. The van der Waals surface area contributed by atoms with E-state index in [9.17, 15) is 18.4 Å². The Kier molecular flexibility index (Phi) is 4.72. The molecule has 0 fully saturated rings. The first-order valence-corrected chi connectivity index (χ1v) is 6.56. The highest BCUT2D eigenvalue weighted by Crippen LogP contribution is 2.16.